The van der Waals surface area contributed by atoms with Gasteiger partial charge in [0, 0.05) is 0 Å². The SMILES string of the molecule is C=CC(=C)CCCCCC(C)=C(C)CC. The van der Waals surface area contributed by atoms with Gasteiger partial charge in [-0.15, -0.1) is 0 Å². The lowest BCUT2D eigenvalue weighted by atomic mass is 10.0. The molecule has 0 aromatic heterocycles. The molecule has 15 heavy (non-hydrogen) atoms. The molecule has 0 aliphatic carbocycles. The number of allylic oxidation sites excluding steroid dienone is 4. The average molecular weight is 206 g/mol. The van der Waals surface area contributed by atoms with Crippen molar-refractivity contribution >= 4 is 0 Å². The first-order valence-electron chi connectivity index (χ1n) is 6.07. The highest BCUT2D eigenvalue weighted by atomic mass is 14.0. The van der Waals surface area contributed by atoms with Crippen LogP contribution in [0.1, 0.15) is 59.3 Å². The molecule has 86 valence electrons. The van der Waals surface area contributed by atoms with Crippen LogP contribution < -0.4 is 0 Å². The zero-order valence-corrected chi connectivity index (χ0v) is 10.7. The third-order valence-corrected chi connectivity index (χ3v) is 3.10. The standard InChI is InChI=1S/C15H26/c1-6-13(3)11-9-8-10-12-15(5)14(4)7-2/h6H,1,3,7-12H2,2,4-5H3. The van der Waals surface area contributed by atoms with Crippen molar-refractivity contribution in [2.45, 2.75) is 59.3 Å². The molecule has 0 bridgehead atoms. The van der Waals surface area contributed by atoms with Gasteiger partial charge in [0.15, 0.2) is 0 Å². The summed E-state index contributed by atoms with van der Waals surface area (Å²) < 4.78 is 0. The molecule has 0 fully saturated rings. The molecule has 0 spiro atoms. The summed E-state index contributed by atoms with van der Waals surface area (Å²) in [5.41, 5.74) is 4.32. The van der Waals surface area contributed by atoms with Gasteiger partial charge in [-0.2, -0.15) is 0 Å². The molecule has 0 saturated heterocycles. The van der Waals surface area contributed by atoms with E-state index in [-0.39, 0.29) is 0 Å². The first kappa shape index (κ1) is 14.2. The molecule has 0 rings (SSSR count). The summed E-state index contributed by atoms with van der Waals surface area (Å²) in [5, 5.41) is 0. The van der Waals surface area contributed by atoms with Gasteiger partial charge in [-0.25, -0.2) is 0 Å². The van der Waals surface area contributed by atoms with Crippen molar-refractivity contribution in [1.29, 1.82) is 0 Å². The molecule has 0 nitrogen and oxygen atoms in total. The lowest BCUT2D eigenvalue weighted by Crippen LogP contribution is -1.85. The fraction of sp³-hybridized carbons (Fsp3) is 0.600. The van der Waals surface area contributed by atoms with Gasteiger partial charge in [-0.05, 0) is 46.0 Å². The predicted molar refractivity (Wildman–Crippen MR) is 71.1 cm³/mol. The first-order chi connectivity index (χ1) is 7.11. The van der Waals surface area contributed by atoms with E-state index in [1.165, 1.54) is 37.7 Å². The van der Waals surface area contributed by atoms with Crippen molar-refractivity contribution in [3.8, 4) is 0 Å². The van der Waals surface area contributed by atoms with Crippen molar-refractivity contribution in [3.05, 3.63) is 36.0 Å². The summed E-state index contributed by atoms with van der Waals surface area (Å²) in [6.07, 6.45) is 9.31. The lowest BCUT2D eigenvalue weighted by molar-refractivity contribution is 0.674. The molecule has 0 saturated carbocycles. The molecule has 0 aromatic carbocycles. The van der Waals surface area contributed by atoms with Gasteiger partial charge in [0.1, 0.15) is 0 Å². The maximum Gasteiger partial charge on any atom is -0.0285 e. The summed E-state index contributed by atoms with van der Waals surface area (Å²) >= 11 is 0. The van der Waals surface area contributed by atoms with Crippen molar-refractivity contribution in [3.63, 3.8) is 0 Å². The Morgan fingerprint density at radius 3 is 2.13 bits per heavy atom. The molecule has 0 aliphatic rings. The van der Waals surface area contributed by atoms with Crippen molar-refractivity contribution < 1.29 is 0 Å². The van der Waals surface area contributed by atoms with Crippen molar-refractivity contribution in [2.75, 3.05) is 0 Å². The highest BCUT2D eigenvalue weighted by molar-refractivity contribution is 5.10. The zero-order valence-electron chi connectivity index (χ0n) is 10.7. The summed E-state index contributed by atoms with van der Waals surface area (Å²) in [5.74, 6) is 0. The highest BCUT2D eigenvalue weighted by Gasteiger charge is 1.96. The van der Waals surface area contributed by atoms with E-state index in [9.17, 15) is 0 Å². The Kier molecular flexibility index (Phi) is 8.08. The highest BCUT2D eigenvalue weighted by Crippen LogP contribution is 2.16. The zero-order chi connectivity index (χ0) is 11.7. The lowest BCUT2D eigenvalue weighted by Gasteiger charge is -2.06. The molecule has 0 heterocycles. The van der Waals surface area contributed by atoms with Gasteiger partial charge in [-0.1, -0.05) is 49.3 Å². The molecule has 0 atom stereocenters. The quantitative estimate of drug-likeness (QED) is 0.282. The van der Waals surface area contributed by atoms with E-state index in [1.807, 2.05) is 6.08 Å². The van der Waals surface area contributed by atoms with Crippen LogP contribution in [0.4, 0.5) is 0 Å². The summed E-state index contributed by atoms with van der Waals surface area (Å²) in [7, 11) is 0. The Morgan fingerprint density at radius 2 is 1.60 bits per heavy atom. The topological polar surface area (TPSA) is 0 Å². The molecular formula is C15H26. The fourth-order valence-corrected chi connectivity index (χ4v) is 1.54. The number of unbranched alkanes of at least 4 members (excludes halogenated alkanes) is 2. The Bertz CT molecular complexity index is 230. The minimum absolute atomic E-state index is 1.11. The van der Waals surface area contributed by atoms with E-state index < -0.39 is 0 Å². The van der Waals surface area contributed by atoms with Crippen LogP contribution >= 0.6 is 0 Å². The fourth-order valence-electron chi connectivity index (χ4n) is 1.54. The number of hydrogen-bond acceptors (Lipinski definition) is 0. The van der Waals surface area contributed by atoms with E-state index in [4.69, 9.17) is 0 Å². The second kappa shape index (κ2) is 8.52. The average Bonchev–Trinajstić information content (AvgIpc) is 2.26. The van der Waals surface area contributed by atoms with Crippen molar-refractivity contribution in [2.24, 2.45) is 0 Å². The van der Waals surface area contributed by atoms with Crippen LogP contribution in [-0.2, 0) is 0 Å². The van der Waals surface area contributed by atoms with Gasteiger partial charge in [-0.3, -0.25) is 0 Å². The van der Waals surface area contributed by atoms with E-state index in [2.05, 4.69) is 33.9 Å². The molecular weight excluding hydrogens is 180 g/mol. The third kappa shape index (κ3) is 7.18. The molecule has 0 aliphatic heterocycles. The summed E-state index contributed by atoms with van der Waals surface area (Å²) in [6.45, 7) is 14.4. The van der Waals surface area contributed by atoms with Crippen molar-refractivity contribution in [1.82, 2.24) is 0 Å². The van der Waals surface area contributed by atoms with Crippen LogP contribution in [0.3, 0.4) is 0 Å². The van der Waals surface area contributed by atoms with E-state index in [0.717, 1.165) is 6.42 Å². The third-order valence-electron chi connectivity index (χ3n) is 3.10. The molecule has 0 N–H and O–H groups in total. The smallest absolute Gasteiger partial charge is 0.0285 e. The molecule has 0 unspecified atom stereocenters. The maximum atomic E-state index is 3.92. The van der Waals surface area contributed by atoms with Crippen LogP contribution in [0, 0.1) is 0 Å². The van der Waals surface area contributed by atoms with Crippen LogP contribution in [0.5, 0.6) is 0 Å². The van der Waals surface area contributed by atoms with E-state index in [0.29, 0.717) is 0 Å². The molecule has 0 radical (unpaired) electrons. The molecule has 0 heteroatoms. The Labute approximate surface area is 95.8 Å². The predicted octanol–water partition coefficient (Wildman–Crippen LogP) is 5.43. The second-order valence-corrected chi connectivity index (χ2v) is 4.34. The Hall–Kier alpha value is -0.780. The minimum Gasteiger partial charge on any atom is -0.0988 e. The van der Waals surface area contributed by atoms with E-state index in [1.54, 1.807) is 11.1 Å². The first-order valence-corrected chi connectivity index (χ1v) is 6.07. The van der Waals surface area contributed by atoms with Crippen LogP contribution in [0.25, 0.3) is 0 Å². The number of rotatable bonds is 8. The van der Waals surface area contributed by atoms with Gasteiger partial charge in [0.2, 0.25) is 0 Å². The molecule has 0 aromatic rings. The molecule has 0 amide bonds. The summed E-state index contributed by atoms with van der Waals surface area (Å²) in [4.78, 5) is 0. The van der Waals surface area contributed by atoms with Crippen LogP contribution in [-0.4, -0.2) is 0 Å². The second-order valence-electron chi connectivity index (χ2n) is 4.34. The van der Waals surface area contributed by atoms with E-state index >= 15 is 0 Å². The normalized spacial score (nSPS) is 12.2. The Morgan fingerprint density at radius 1 is 1.00 bits per heavy atom. The maximum absolute atomic E-state index is 3.92. The van der Waals surface area contributed by atoms with Crippen LogP contribution in [0.2, 0.25) is 0 Å². The largest absolute Gasteiger partial charge is 0.0988 e. The van der Waals surface area contributed by atoms with Gasteiger partial charge in [0.05, 0.1) is 0 Å². The van der Waals surface area contributed by atoms with Gasteiger partial charge >= 0.3 is 0 Å². The van der Waals surface area contributed by atoms with Gasteiger partial charge < -0.3 is 0 Å². The monoisotopic (exact) mass is 206 g/mol. The van der Waals surface area contributed by atoms with Gasteiger partial charge in [0.25, 0.3) is 0 Å². The minimum atomic E-state index is 1.11. The number of hydrogen-bond donors (Lipinski definition) is 0. The summed E-state index contributed by atoms with van der Waals surface area (Å²) in [6, 6.07) is 0. The van der Waals surface area contributed by atoms with Crippen LogP contribution in [0.15, 0.2) is 36.0 Å². The Balaban J connectivity index is 3.55.